The lowest BCUT2D eigenvalue weighted by atomic mass is 10.3. The minimum Gasteiger partial charge on any atom is -0.415 e. The minimum atomic E-state index is -0.329. The summed E-state index contributed by atoms with van der Waals surface area (Å²) >= 11 is 0. The Morgan fingerprint density at radius 2 is 2.00 bits per heavy atom. The van der Waals surface area contributed by atoms with Gasteiger partial charge in [0, 0.05) is 0 Å². The number of nitrogens with zero attached hydrogens (tertiary/aromatic N) is 1. The highest BCUT2D eigenvalue weighted by atomic mass is 19.1. The first kappa shape index (κ1) is 8.55. The van der Waals surface area contributed by atoms with Crippen LogP contribution >= 0.6 is 0 Å². The van der Waals surface area contributed by atoms with Gasteiger partial charge in [0.2, 0.25) is 0 Å². The molecule has 0 aliphatic carbocycles. The van der Waals surface area contributed by atoms with Gasteiger partial charge >= 0.3 is 6.08 Å². The number of nitrogens with two attached hydrogens (primary N) is 1. The summed E-state index contributed by atoms with van der Waals surface area (Å²) in [5.41, 5.74) is 5.31. The van der Waals surface area contributed by atoms with Crippen LogP contribution < -0.4 is 10.5 Å². The molecule has 1 heterocycles. The molecule has 5 heteroatoms. The second-order valence-corrected chi connectivity index (χ2v) is 2.59. The summed E-state index contributed by atoms with van der Waals surface area (Å²) in [6.07, 6.45) is 1.30. The van der Waals surface area contributed by atoms with Crippen LogP contribution in [0.25, 0.3) is 0 Å². The predicted molar refractivity (Wildman–Crippen MR) is 47.4 cm³/mol. The molecule has 0 radical (unpaired) electrons. The van der Waals surface area contributed by atoms with Crippen LogP contribution in [-0.2, 0) is 0 Å². The van der Waals surface area contributed by atoms with Gasteiger partial charge in [0.15, 0.2) is 5.82 Å². The van der Waals surface area contributed by atoms with Gasteiger partial charge in [-0.15, -0.1) is 0 Å². The molecular weight excluding hydrogens is 187 g/mol. The molecule has 0 aliphatic rings. The number of oxazole rings is 1. The minimum absolute atomic E-state index is 0.0362. The van der Waals surface area contributed by atoms with Crippen LogP contribution in [0.3, 0.4) is 0 Å². The Labute approximate surface area is 79.1 Å². The fourth-order valence-corrected chi connectivity index (χ4v) is 0.919. The van der Waals surface area contributed by atoms with Crippen molar-refractivity contribution in [1.29, 1.82) is 0 Å². The van der Waals surface area contributed by atoms with Crippen LogP contribution in [0.5, 0.6) is 11.8 Å². The quantitative estimate of drug-likeness (QED) is 0.795. The van der Waals surface area contributed by atoms with Gasteiger partial charge in [-0.1, -0.05) is 0 Å². The second-order valence-electron chi connectivity index (χ2n) is 2.59. The van der Waals surface area contributed by atoms with E-state index in [0.717, 1.165) is 0 Å². The first-order chi connectivity index (χ1) is 6.74. The average Bonchev–Trinajstić information content (AvgIpc) is 2.56. The molecule has 0 fully saturated rings. The van der Waals surface area contributed by atoms with Gasteiger partial charge in [-0.2, -0.15) is 4.98 Å². The van der Waals surface area contributed by atoms with E-state index in [0.29, 0.717) is 5.75 Å². The topological polar surface area (TPSA) is 61.3 Å². The summed E-state index contributed by atoms with van der Waals surface area (Å²) in [6, 6.07) is 5.49. The van der Waals surface area contributed by atoms with Gasteiger partial charge in [0.25, 0.3) is 0 Å². The first-order valence-electron chi connectivity index (χ1n) is 3.88. The van der Waals surface area contributed by atoms with Gasteiger partial charge in [0.1, 0.15) is 17.8 Å². The smallest absolute Gasteiger partial charge is 0.401 e. The van der Waals surface area contributed by atoms with Crippen molar-refractivity contribution in [2.24, 2.45) is 0 Å². The fourth-order valence-electron chi connectivity index (χ4n) is 0.919. The molecule has 1 aromatic carbocycles. The van der Waals surface area contributed by atoms with E-state index < -0.39 is 0 Å². The Balaban J connectivity index is 2.15. The monoisotopic (exact) mass is 194 g/mol. The normalized spacial score (nSPS) is 10.1. The second kappa shape index (κ2) is 3.37. The van der Waals surface area contributed by atoms with E-state index in [-0.39, 0.29) is 17.7 Å². The van der Waals surface area contributed by atoms with Gasteiger partial charge in [-0.05, 0) is 24.3 Å². The molecule has 0 atom stereocenters. The molecule has 0 bridgehead atoms. The zero-order valence-corrected chi connectivity index (χ0v) is 7.11. The maximum absolute atomic E-state index is 12.5. The molecule has 0 unspecified atom stereocenters. The fraction of sp³-hybridized carbons (Fsp3) is 0. The molecule has 0 saturated carbocycles. The maximum Gasteiger partial charge on any atom is 0.401 e. The van der Waals surface area contributed by atoms with Crippen molar-refractivity contribution in [2.45, 2.75) is 0 Å². The number of hydrogen-bond donors (Lipinski definition) is 1. The van der Waals surface area contributed by atoms with Crippen LogP contribution in [0, 0.1) is 5.82 Å². The number of hydrogen-bond acceptors (Lipinski definition) is 4. The lowest BCUT2D eigenvalue weighted by Gasteiger charge is -1.98. The number of halogens is 1. The SMILES string of the molecule is Nc1coc(Oc2ccc(F)cc2)n1. The number of anilines is 1. The Hall–Kier alpha value is -2.04. The maximum atomic E-state index is 12.5. The number of aromatic nitrogens is 1. The Bertz CT molecular complexity index is 425. The third-order valence-corrected chi connectivity index (χ3v) is 1.52. The molecule has 2 aromatic rings. The molecule has 0 aliphatic heterocycles. The summed E-state index contributed by atoms with van der Waals surface area (Å²) in [6.45, 7) is 0. The van der Waals surface area contributed by atoms with Crippen LogP contribution in [0.1, 0.15) is 0 Å². The lowest BCUT2D eigenvalue weighted by Crippen LogP contribution is -1.86. The zero-order chi connectivity index (χ0) is 9.97. The largest absolute Gasteiger partial charge is 0.415 e. The summed E-state index contributed by atoms with van der Waals surface area (Å²) in [5, 5.41) is 0. The standard InChI is InChI=1S/C9H7FN2O2/c10-6-1-3-7(4-2-6)14-9-12-8(11)5-13-9/h1-5H,11H2. The van der Waals surface area contributed by atoms with E-state index in [1.54, 1.807) is 0 Å². The molecule has 1 aromatic heterocycles. The van der Waals surface area contributed by atoms with Crippen LogP contribution in [-0.4, -0.2) is 4.98 Å². The van der Waals surface area contributed by atoms with E-state index >= 15 is 0 Å². The van der Waals surface area contributed by atoms with Crippen molar-refractivity contribution in [2.75, 3.05) is 5.73 Å². The highest BCUT2D eigenvalue weighted by molar-refractivity contribution is 5.28. The van der Waals surface area contributed by atoms with Crippen molar-refractivity contribution in [3.63, 3.8) is 0 Å². The van der Waals surface area contributed by atoms with Gasteiger partial charge in [0.05, 0.1) is 0 Å². The van der Waals surface area contributed by atoms with Gasteiger partial charge < -0.3 is 14.9 Å². The van der Waals surface area contributed by atoms with Gasteiger partial charge in [-0.3, -0.25) is 0 Å². The molecule has 72 valence electrons. The Morgan fingerprint density at radius 3 is 2.57 bits per heavy atom. The predicted octanol–water partition coefficient (Wildman–Crippen LogP) is 2.19. The van der Waals surface area contributed by atoms with Crippen molar-refractivity contribution in [3.8, 4) is 11.8 Å². The van der Waals surface area contributed by atoms with Crippen molar-refractivity contribution in [3.05, 3.63) is 36.3 Å². The Morgan fingerprint density at radius 1 is 1.29 bits per heavy atom. The molecule has 4 nitrogen and oxygen atoms in total. The number of nitrogen functional groups attached to an aromatic ring is 1. The first-order valence-corrected chi connectivity index (χ1v) is 3.88. The highest BCUT2D eigenvalue weighted by Gasteiger charge is 2.03. The summed E-state index contributed by atoms with van der Waals surface area (Å²) in [4.78, 5) is 3.72. The van der Waals surface area contributed by atoms with Crippen molar-refractivity contribution < 1.29 is 13.5 Å². The van der Waals surface area contributed by atoms with Crippen molar-refractivity contribution in [1.82, 2.24) is 4.98 Å². The Kier molecular flexibility index (Phi) is 2.06. The molecular formula is C9H7FN2O2. The summed E-state index contributed by atoms with van der Waals surface area (Å²) < 4.78 is 22.5. The van der Waals surface area contributed by atoms with Crippen LogP contribution in [0.2, 0.25) is 0 Å². The van der Waals surface area contributed by atoms with Crippen LogP contribution in [0.4, 0.5) is 10.2 Å². The number of rotatable bonds is 2. The van der Waals surface area contributed by atoms with E-state index in [4.69, 9.17) is 14.9 Å². The van der Waals surface area contributed by atoms with E-state index in [9.17, 15) is 4.39 Å². The van der Waals surface area contributed by atoms with Gasteiger partial charge in [-0.25, -0.2) is 4.39 Å². The molecule has 2 N–H and O–H groups in total. The van der Waals surface area contributed by atoms with E-state index in [1.165, 1.54) is 30.5 Å². The molecule has 0 saturated heterocycles. The highest BCUT2D eigenvalue weighted by Crippen LogP contribution is 2.20. The molecule has 2 rings (SSSR count). The number of ether oxygens (including phenoxy) is 1. The lowest BCUT2D eigenvalue weighted by molar-refractivity contribution is 0.330. The summed E-state index contributed by atoms with van der Waals surface area (Å²) in [5.74, 6) is 0.347. The van der Waals surface area contributed by atoms with Crippen molar-refractivity contribution >= 4 is 5.82 Å². The van der Waals surface area contributed by atoms with E-state index in [1.807, 2.05) is 0 Å². The van der Waals surface area contributed by atoms with E-state index in [2.05, 4.69) is 4.98 Å². The zero-order valence-electron chi connectivity index (χ0n) is 7.11. The molecule has 14 heavy (non-hydrogen) atoms. The third kappa shape index (κ3) is 1.82. The number of benzene rings is 1. The average molecular weight is 194 g/mol. The summed E-state index contributed by atoms with van der Waals surface area (Å²) in [7, 11) is 0. The molecule has 0 amide bonds. The molecule has 0 spiro atoms. The third-order valence-electron chi connectivity index (χ3n) is 1.52. The van der Waals surface area contributed by atoms with Crippen LogP contribution in [0.15, 0.2) is 34.9 Å².